The van der Waals surface area contributed by atoms with Gasteiger partial charge in [0, 0.05) is 37.2 Å². The molecule has 1 heterocycles. The number of piperazine rings is 1. The van der Waals surface area contributed by atoms with Crippen LogP contribution in [0.4, 0.5) is 4.39 Å². The Kier molecular flexibility index (Phi) is 5.67. The molecule has 1 aromatic rings. The van der Waals surface area contributed by atoms with E-state index >= 15 is 0 Å². The summed E-state index contributed by atoms with van der Waals surface area (Å²) < 4.78 is 12.9. The van der Waals surface area contributed by atoms with Crippen LogP contribution in [-0.4, -0.2) is 30.6 Å². The van der Waals surface area contributed by atoms with Crippen LogP contribution in [0.15, 0.2) is 18.2 Å². The zero-order chi connectivity index (χ0) is 11.5. The molecule has 5 heteroatoms. The van der Waals surface area contributed by atoms with Crippen LogP contribution in [0, 0.1) is 5.82 Å². The zero-order valence-corrected chi connectivity index (χ0v) is 11.3. The molecule has 1 aromatic carbocycles. The Morgan fingerprint density at radius 1 is 1.53 bits per heavy atom. The molecule has 1 aliphatic rings. The van der Waals surface area contributed by atoms with E-state index in [-0.39, 0.29) is 18.2 Å². The summed E-state index contributed by atoms with van der Waals surface area (Å²) in [4.78, 5) is 2.36. The van der Waals surface area contributed by atoms with Gasteiger partial charge in [0.15, 0.2) is 0 Å². The van der Waals surface area contributed by atoms with Gasteiger partial charge in [0.25, 0.3) is 0 Å². The van der Waals surface area contributed by atoms with Crippen LogP contribution in [0.1, 0.15) is 12.5 Å². The molecule has 1 saturated heterocycles. The molecule has 0 amide bonds. The number of hydrogen-bond donors (Lipinski definition) is 1. The number of nitrogens with one attached hydrogen (secondary N) is 1. The Hall–Kier alpha value is -0.350. The van der Waals surface area contributed by atoms with Crippen molar-refractivity contribution in [1.82, 2.24) is 10.2 Å². The van der Waals surface area contributed by atoms with E-state index in [1.54, 1.807) is 6.07 Å². The minimum absolute atomic E-state index is 0. The van der Waals surface area contributed by atoms with Crippen LogP contribution in [0.5, 0.6) is 0 Å². The normalized spacial score (nSPS) is 21.0. The largest absolute Gasteiger partial charge is 0.314 e. The summed E-state index contributed by atoms with van der Waals surface area (Å²) in [5.41, 5.74) is 0.997. The number of hydrogen-bond acceptors (Lipinski definition) is 2. The molecule has 96 valence electrons. The Labute approximate surface area is 113 Å². The predicted octanol–water partition coefficient (Wildman–Crippen LogP) is 2.69. The van der Waals surface area contributed by atoms with Crippen molar-refractivity contribution in [3.8, 4) is 0 Å². The summed E-state index contributed by atoms with van der Waals surface area (Å²) in [6.07, 6.45) is 0. The van der Waals surface area contributed by atoms with Crippen LogP contribution in [-0.2, 0) is 6.54 Å². The molecule has 0 aromatic heterocycles. The number of halogens is 3. The smallest absolute Gasteiger partial charge is 0.124 e. The highest BCUT2D eigenvalue weighted by Crippen LogP contribution is 2.20. The lowest BCUT2D eigenvalue weighted by molar-refractivity contribution is 0.165. The van der Waals surface area contributed by atoms with Gasteiger partial charge in [-0.3, -0.25) is 4.90 Å². The van der Waals surface area contributed by atoms with Crippen molar-refractivity contribution in [1.29, 1.82) is 0 Å². The van der Waals surface area contributed by atoms with Gasteiger partial charge in [-0.05, 0) is 24.6 Å². The molecule has 0 unspecified atom stereocenters. The van der Waals surface area contributed by atoms with Gasteiger partial charge in [0.2, 0.25) is 0 Å². The Morgan fingerprint density at radius 3 is 2.94 bits per heavy atom. The van der Waals surface area contributed by atoms with Crippen molar-refractivity contribution in [2.45, 2.75) is 19.5 Å². The lowest BCUT2D eigenvalue weighted by Gasteiger charge is -2.34. The maximum atomic E-state index is 12.9. The van der Waals surface area contributed by atoms with E-state index in [1.807, 2.05) is 0 Å². The number of benzene rings is 1. The molecule has 2 rings (SSSR count). The monoisotopic (exact) mass is 278 g/mol. The van der Waals surface area contributed by atoms with E-state index in [4.69, 9.17) is 11.6 Å². The van der Waals surface area contributed by atoms with Crippen LogP contribution in [0.25, 0.3) is 0 Å². The topological polar surface area (TPSA) is 15.3 Å². The third-order valence-electron chi connectivity index (χ3n) is 3.03. The van der Waals surface area contributed by atoms with Gasteiger partial charge in [0.05, 0.1) is 0 Å². The third-order valence-corrected chi connectivity index (χ3v) is 3.38. The summed E-state index contributed by atoms with van der Waals surface area (Å²) >= 11 is 6.01. The average Bonchev–Trinajstić information content (AvgIpc) is 2.25. The molecular formula is C12H17Cl2FN2. The van der Waals surface area contributed by atoms with Crippen LogP contribution in [0.2, 0.25) is 5.02 Å². The van der Waals surface area contributed by atoms with Gasteiger partial charge in [-0.25, -0.2) is 4.39 Å². The number of nitrogens with zero attached hydrogens (tertiary/aromatic N) is 1. The highest BCUT2D eigenvalue weighted by atomic mass is 35.5. The maximum Gasteiger partial charge on any atom is 0.124 e. The number of rotatable bonds is 2. The van der Waals surface area contributed by atoms with Crippen LogP contribution < -0.4 is 5.32 Å². The molecule has 0 radical (unpaired) electrons. The molecule has 17 heavy (non-hydrogen) atoms. The highest BCUT2D eigenvalue weighted by Gasteiger charge is 2.18. The van der Waals surface area contributed by atoms with E-state index in [0.717, 1.165) is 31.7 Å². The minimum Gasteiger partial charge on any atom is -0.314 e. The second-order valence-electron chi connectivity index (χ2n) is 4.26. The third kappa shape index (κ3) is 3.81. The fourth-order valence-corrected chi connectivity index (χ4v) is 2.21. The molecule has 0 bridgehead atoms. The fraction of sp³-hybridized carbons (Fsp3) is 0.500. The summed E-state index contributed by atoms with van der Waals surface area (Å²) in [7, 11) is 0. The van der Waals surface area contributed by atoms with Crippen molar-refractivity contribution in [3.05, 3.63) is 34.6 Å². The molecule has 0 spiro atoms. The quantitative estimate of drug-likeness (QED) is 0.895. The molecule has 1 atom stereocenters. The molecular weight excluding hydrogens is 262 g/mol. The lowest BCUT2D eigenvalue weighted by Crippen LogP contribution is -2.49. The molecule has 0 aliphatic carbocycles. The Balaban J connectivity index is 0.00000144. The summed E-state index contributed by atoms with van der Waals surface area (Å²) in [5, 5.41) is 3.86. The van der Waals surface area contributed by atoms with E-state index in [1.165, 1.54) is 12.1 Å². The first-order chi connectivity index (χ1) is 7.66. The Morgan fingerprint density at radius 2 is 2.29 bits per heavy atom. The van der Waals surface area contributed by atoms with Gasteiger partial charge in [-0.15, -0.1) is 12.4 Å². The summed E-state index contributed by atoms with van der Waals surface area (Å²) in [6.45, 7) is 5.99. The minimum atomic E-state index is -0.276. The van der Waals surface area contributed by atoms with Crippen molar-refractivity contribution in [2.75, 3.05) is 19.6 Å². The van der Waals surface area contributed by atoms with E-state index in [2.05, 4.69) is 17.1 Å². The second kappa shape index (κ2) is 6.55. The van der Waals surface area contributed by atoms with E-state index < -0.39 is 0 Å². The van der Waals surface area contributed by atoms with Gasteiger partial charge in [-0.1, -0.05) is 17.7 Å². The molecule has 2 nitrogen and oxygen atoms in total. The molecule has 1 aliphatic heterocycles. The molecule has 1 N–H and O–H groups in total. The van der Waals surface area contributed by atoms with Crippen molar-refractivity contribution in [2.24, 2.45) is 0 Å². The first-order valence-corrected chi connectivity index (χ1v) is 5.93. The van der Waals surface area contributed by atoms with Gasteiger partial charge in [0.1, 0.15) is 5.82 Å². The van der Waals surface area contributed by atoms with Crippen molar-refractivity contribution in [3.63, 3.8) is 0 Å². The van der Waals surface area contributed by atoms with Gasteiger partial charge < -0.3 is 5.32 Å². The second-order valence-corrected chi connectivity index (χ2v) is 4.67. The maximum absolute atomic E-state index is 12.9. The predicted molar refractivity (Wildman–Crippen MR) is 71.4 cm³/mol. The summed E-state index contributed by atoms with van der Waals surface area (Å²) in [6, 6.07) is 5.11. The lowest BCUT2D eigenvalue weighted by atomic mass is 10.1. The fourth-order valence-electron chi connectivity index (χ4n) is 1.99. The van der Waals surface area contributed by atoms with E-state index in [0.29, 0.717) is 11.1 Å². The zero-order valence-electron chi connectivity index (χ0n) is 9.75. The summed E-state index contributed by atoms with van der Waals surface area (Å²) in [5.74, 6) is -0.276. The van der Waals surface area contributed by atoms with E-state index in [9.17, 15) is 4.39 Å². The van der Waals surface area contributed by atoms with Crippen LogP contribution >= 0.6 is 24.0 Å². The van der Waals surface area contributed by atoms with Crippen molar-refractivity contribution >= 4 is 24.0 Å². The van der Waals surface area contributed by atoms with Gasteiger partial charge >= 0.3 is 0 Å². The van der Waals surface area contributed by atoms with Gasteiger partial charge in [-0.2, -0.15) is 0 Å². The SMILES string of the molecule is C[C@@H]1CNCCN1Cc1ccc(F)cc1Cl.Cl. The highest BCUT2D eigenvalue weighted by molar-refractivity contribution is 6.31. The Bertz CT molecular complexity index is 374. The standard InChI is InChI=1S/C12H16ClFN2.ClH/c1-9-7-15-4-5-16(9)8-10-2-3-11(14)6-12(10)13;/h2-3,6,9,15H,4-5,7-8H2,1H3;1H/t9-;/m1./s1. The first-order valence-electron chi connectivity index (χ1n) is 5.55. The van der Waals surface area contributed by atoms with Crippen molar-refractivity contribution < 1.29 is 4.39 Å². The molecule has 1 fully saturated rings. The average molecular weight is 279 g/mol. The molecule has 0 saturated carbocycles. The first kappa shape index (κ1) is 14.7. The van der Waals surface area contributed by atoms with Crippen LogP contribution in [0.3, 0.4) is 0 Å².